The van der Waals surface area contributed by atoms with Crippen LogP contribution in [0.4, 0.5) is 0 Å². The minimum absolute atomic E-state index is 0.0165. The number of carbonyl (C=O) groups is 2. The monoisotopic (exact) mass is 251 g/mol. The lowest BCUT2D eigenvalue weighted by Gasteiger charge is -2.03. The summed E-state index contributed by atoms with van der Waals surface area (Å²) in [6.07, 6.45) is 1.11. The third-order valence-corrected chi connectivity index (χ3v) is 2.44. The summed E-state index contributed by atoms with van der Waals surface area (Å²) in [6.45, 7) is 0. The van der Waals surface area contributed by atoms with E-state index < -0.39 is 0 Å². The Morgan fingerprint density at radius 2 is 1.78 bits per heavy atom. The Balaban J connectivity index is 2.38. The van der Waals surface area contributed by atoms with Crippen LogP contribution in [0.15, 0.2) is 24.3 Å². The maximum atomic E-state index is 11.8. The van der Waals surface area contributed by atoms with Gasteiger partial charge in [0.1, 0.15) is 5.75 Å². The second-order valence-corrected chi connectivity index (χ2v) is 3.73. The number of nitrogens with one attached hydrogen (secondary N) is 1. The molecular weight excluding hydrogens is 234 g/mol. The molecule has 1 N–H and O–H groups in total. The zero-order valence-corrected chi connectivity index (χ0v) is 10.6. The predicted molar refractivity (Wildman–Crippen MR) is 66.3 cm³/mol. The number of benzene rings is 1. The summed E-state index contributed by atoms with van der Waals surface area (Å²) in [5.41, 5.74) is 2.84. The minimum Gasteiger partial charge on any atom is -0.497 e. The molecule has 1 aromatic rings. The smallest absolute Gasteiger partial charge is 0.243 e. The molecule has 0 bridgehead atoms. The van der Waals surface area contributed by atoms with Crippen LogP contribution in [0.2, 0.25) is 0 Å². The molecule has 0 saturated heterocycles. The van der Waals surface area contributed by atoms with Crippen molar-refractivity contribution in [2.75, 3.05) is 14.2 Å². The third kappa shape index (κ3) is 4.55. The van der Waals surface area contributed by atoms with Crippen LogP contribution in [0.1, 0.15) is 29.6 Å². The summed E-state index contributed by atoms with van der Waals surface area (Å²) in [4.78, 5) is 27.3. The Kier molecular flexibility index (Phi) is 5.87. The van der Waals surface area contributed by atoms with E-state index in [0.29, 0.717) is 24.2 Å². The van der Waals surface area contributed by atoms with Crippen molar-refractivity contribution in [3.05, 3.63) is 29.8 Å². The number of hydrogen-bond donors (Lipinski definition) is 1. The Hall–Kier alpha value is -1.88. The van der Waals surface area contributed by atoms with E-state index in [1.54, 1.807) is 31.4 Å². The first-order chi connectivity index (χ1) is 8.67. The van der Waals surface area contributed by atoms with Gasteiger partial charge in [-0.05, 0) is 30.7 Å². The molecule has 0 aromatic heterocycles. The first-order valence-electron chi connectivity index (χ1n) is 5.66. The van der Waals surface area contributed by atoms with Crippen LogP contribution in [0, 0.1) is 0 Å². The first-order valence-corrected chi connectivity index (χ1v) is 5.66. The molecule has 0 spiro atoms. The van der Waals surface area contributed by atoms with Crippen LogP contribution < -0.4 is 10.2 Å². The normalized spacial score (nSPS) is 9.89. The zero-order valence-electron chi connectivity index (χ0n) is 10.6. The highest BCUT2D eigenvalue weighted by Gasteiger charge is 2.07. The SMILES string of the molecule is CONC(=O)CCCC(=O)c1ccc(OC)cc1. The van der Waals surface area contributed by atoms with Gasteiger partial charge in [-0.15, -0.1) is 0 Å². The van der Waals surface area contributed by atoms with Gasteiger partial charge in [0.2, 0.25) is 5.91 Å². The van der Waals surface area contributed by atoms with Crippen molar-refractivity contribution < 1.29 is 19.2 Å². The quantitative estimate of drug-likeness (QED) is 0.592. The Morgan fingerprint density at radius 1 is 1.11 bits per heavy atom. The van der Waals surface area contributed by atoms with Gasteiger partial charge >= 0.3 is 0 Å². The fourth-order valence-corrected chi connectivity index (χ4v) is 1.50. The number of hydrogen-bond acceptors (Lipinski definition) is 4. The van der Waals surface area contributed by atoms with Crippen LogP contribution in [0.3, 0.4) is 0 Å². The second-order valence-electron chi connectivity index (χ2n) is 3.73. The predicted octanol–water partition coefficient (Wildman–Crippen LogP) is 1.73. The van der Waals surface area contributed by atoms with Gasteiger partial charge in [0.15, 0.2) is 5.78 Å². The van der Waals surface area contributed by atoms with Crippen LogP contribution >= 0.6 is 0 Å². The van der Waals surface area contributed by atoms with E-state index in [1.165, 1.54) is 7.11 Å². The summed E-state index contributed by atoms with van der Waals surface area (Å²) in [5.74, 6) is 0.508. The summed E-state index contributed by atoms with van der Waals surface area (Å²) >= 11 is 0. The van der Waals surface area contributed by atoms with Crippen molar-refractivity contribution in [2.24, 2.45) is 0 Å². The van der Waals surface area contributed by atoms with Crippen molar-refractivity contribution in [2.45, 2.75) is 19.3 Å². The minimum atomic E-state index is -0.222. The van der Waals surface area contributed by atoms with Crippen LogP contribution in [0.25, 0.3) is 0 Å². The van der Waals surface area contributed by atoms with Crippen LogP contribution in [-0.2, 0) is 9.63 Å². The number of ether oxygens (including phenoxy) is 1. The topological polar surface area (TPSA) is 64.6 Å². The Bertz CT molecular complexity index is 400. The third-order valence-electron chi connectivity index (χ3n) is 2.44. The largest absolute Gasteiger partial charge is 0.497 e. The lowest BCUT2D eigenvalue weighted by Crippen LogP contribution is -2.21. The molecule has 98 valence electrons. The zero-order chi connectivity index (χ0) is 13.4. The van der Waals surface area contributed by atoms with Crippen molar-refractivity contribution in [1.82, 2.24) is 5.48 Å². The van der Waals surface area contributed by atoms with E-state index in [4.69, 9.17) is 4.74 Å². The number of rotatable bonds is 7. The average molecular weight is 251 g/mol. The van der Waals surface area contributed by atoms with E-state index in [-0.39, 0.29) is 18.1 Å². The second kappa shape index (κ2) is 7.45. The Morgan fingerprint density at radius 3 is 2.33 bits per heavy atom. The molecule has 1 aromatic carbocycles. The maximum Gasteiger partial charge on any atom is 0.243 e. The first kappa shape index (κ1) is 14.2. The molecule has 0 aliphatic carbocycles. The summed E-state index contributed by atoms with van der Waals surface area (Å²) in [7, 11) is 2.95. The Labute approximate surface area is 106 Å². The van der Waals surface area contributed by atoms with E-state index in [0.717, 1.165) is 0 Å². The van der Waals surface area contributed by atoms with Crippen molar-refractivity contribution in [1.29, 1.82) is 0 Å². The standard InChI is InChI=1S/C13H17NO4/c1-17-11-8-6-10(7-9-11)12(15)4-3-5-13(16)14-18-2/h6-9H,3-5H2,1-2H3,(H,14,16). The van der Waals surface area contributed by atoms with Crippen LogP contribution in [-0.4, -0.2) is 25.9 Å². The van der Waals surface area contributed by atoms with Gasteiger partial charge in [0.25, 0.3) is 0 Å². The van der Waals surface area contributed by atoms with Gasteiger partial charge in [0, 0.05) is 18.4 Å². The molecule has 0 radical (unpaired) electrons. The maximum absolute atomic E-state index is 11.8. The number of hydroxylamine groups is 1. The molecule has 5 heteroatoms. The molecule has 0 heterocycles. The van der Waals surface area contributed by atoms with E-state index in [1.807, 2.05) is 0 Å². The van der Waals surface area contributed by atoms with Gasteiger partial charge in [-0.1, -0.05) is 0 Å². The average Bonchev–Trinajstić information content (AvgIpc) is 2.39. The highest BCUT2D eigenvalue weighted by atomic mass is 16.6. The molecule has 1 rings (SSSR count). The molecule has 1 amide bonds. The number of amides is 1. The molecule has 0 atom stereocenters. The van der Waals surface area contributed by atoms with Crippen LogP contribution in [0.5, 0.6) is 5.75 Å². The van der Waals surface area contributed by atoms with Crippen molar-refractivity contribution in [3.63, 3.8) is 0 Å². The molecule has 18 heavy (non-hydrogen) atoms. The van der Waals surface area contributed by atoms with E-state index >= 15 is 0 Å². The van der Waals surface area contributed by atoms with Gasteiger partial charge in [-0.25, -0.2) is 5.48 Å². The van der Waals surface area contributed by atoms with Crippen molar-refractivity contribution in [3.8, 4) is 5.75 Å². The lowest BCUT2D eigenvalue weighted by atomic mass is 10.1. The summed E-state index contributed by atoms with van der Waals surface area (Å²) in [6, 6.07) is 6.92. The fourth-order valence-electron chi connectivity index (χ4n) is 1.50. The summed E-state index contributed by atoms with van der Waals surface area (Å²) < 4.78 is 5.01. The number of carbonyl (C=O) groups excluding carboxylic acids is 2. The number of ketones is 1. The molecule has 0 saturated carbocycles. The van der Waals surface area contributed by atoms with Crippen molar-refractivity contribution >= 4 is 11.7 Å². The molecule has 0 unspecified atom stereocenters. The highest BCUT2D eigenvalue weighted by Crippen LogP contribution is 2.13. The highest BCUT2D eigenvalue weighted by molar-refractivity contribution is 5.96. The molecule has 5 nitrogen and oxygen atoms in total. The summed E-state index contributed by atoms with van der Waals surface area (Å²) in [5, 5.41) is 0. The fraction of sp³-hybridized carbons (Fsp3) is 0.385. The molecule has 0 aliphatic rings. The number of methoxy groups -OCH3 is 1. The van der Waals surface area contributed by atoms with E-state index in [9.17, 15) is 9.59 Å². The molecule has 0 aliphatic heterocycles. The van der Waals surface area contributed by atoms with Gasteiger partial charge in [-0.3, -0.25) is 14.4 Å². The molecule has 0 fully saturated rings. The lowest BCUT2D eigenvalue weighted by molar-refractivity contribution is -0.131. The van der Waals surface area contributed by atoms with Gasteiger partial charge < -0.3 is 4.74 Å². The molecular formula is C13H17NO4. The van der Waals surface area contributed by atoms with E-state index in [2.05, 4.69) is 10.3 Å². The van der Waals surface area contributed by atoms with Gasteiger partial charge in [-0.2, -0.15) is 0 Å². The van der Waals surface area contributed by atoms with Gasteiger partial charge in [0.05, 0.1) is 14.2 Å². The number of Topliss-reactive ketones (excluding diaryl/α,β-unsaturated/α-hetero) is 1.